The fourth-order valence-electron chi connectivity index (χ4n) is 3.66. The lowest BCUT2D eigenvalue weighted by atomic mass is 9.90. The van der Waals surface area contributed by atoms with E-state index in [4.69, 9.17) is 9.47 Å². The number of methoxy groups -OCH3 is 1. The topological polar surface area (TPSA) is 94.5 Å². The number of amides is 2. The number of halogens is 1. The van der Waals surface area contributed by atoms with Gasteiger partial charge in [0.05, 0.1) is 30.6 Å². The first-order valence-electron chi connectivity index (χ1n) is 9.38. The number of anilines is 1. The Bertz CT molecular complexity index is 1140. The third kappa shape index (κ3) is 3.66. The van der Waals surface area contributed by atoms with Crippen molar-refractivity contribution >= 4 is 28.7 Å². The molecule has 2 aromatic carbocycles. The van der Waals surface area contributed by atoms with Crippen LogP contribution in [0.1, 0.15) is 31.9 Å². The molecule has 3 aromatic rings. The molecule has 0 fully saturated rings. The Morgan fingerprint density at radius 1 is 1.30 bits per heavy atom. The summed E-state index contributed by atoms with van der Waals surface area (Å²) in [5, 5.41) is 10.4. The van der Waals surface area contributed by atoms with Gasteiger partial charge in [-0.25, -0.2) is 14.0 Å². The molecular formula is C21H21FN4O4. The number of hydrogen-bond acceptors (Lipinski definition) is 5. The van der Waals surface area contributed by atoms with E-state index in [1.165, 1.54) is 25.4 Å². The summed E-state index contributed by atoms with van der Waals surface area (Å²) >= 11 is 0. The molecule has 0 bridgehead atoms. The number of urea groups is 1. The van der Waals surface area contributed by atoms with Crippen LogP contribution in [0.2, 0.25) is 0 Å². The van der Waals surface area contributed by atoms with Crippen molar-refractivity contribution in [3.63, 3.8) is 0 Å². The number of aromatic nitrogens is 2. The first-order chi connectivity index (χ1) is 14.3. The molecule has 30 heavy (non-hydrogen) atoms. The summed E-state index contributed by atoms with van der Waals surface area (Å²) in [4.78, 5) is 24.6. The van der Waals surface area contributed by atoms with Crippen molar-refractivity contribution in [3.8, 4) is 5.75 Å². The molecule has 1 atom stereocenters. The minimum Gasteiger partial charge on any atom is -0.487 e. The molecule has 1 aliphatic rings. The number of fused-ring (bicyclic) bond motifs is 2. The molecule has 2 N–H and O–H groups in total. The van der Waals surface area contributed by atoms with Crippen LogP contribution in [0, 0.1) is 5.82 Å². The quantitative estimate of drug-likeness (QED) is 0.657. The molecule has 0 spiro atoms. The number of rotatable bonds is 2. The van der Waals surface area contributed by atoms with Gasteiger partial charge in [-0.05, 0) is 32.0 Å². The molecule has 156 valence electrons. The van der Waals surface area contributed by atoms with Gasteiger partial charge in [-0.15, -0.1) is 0 Å². The highest BCUT2D eigenvalue weighted by Gasteiger charge is 2.34. The van der Waals surface area contributed by atoms with Crippen molar-refractivity contribution in [1.29, 1.82) is 0 Å². The standard InChI is InChI=1S/C21H21FN4O4/c1-21(2)10-16(13-8-7-12(22)9-18(13)30-21)25-19(27)24-15-5-4-6-17-14(15)11-23-26(17)20(28)29-3/h4-9,11,16H,10H2,1-3H3,(H2,24,25,27). The normalized spacial score (nSPS) is 17.0. The average Bonchev–Trinajstić information content (AvgIpc) is 3.11. The summed E-state index contributed by atoms with van der Waals surface area (Å²) in [6.07, 6.45) is 1.38. The van der Waals surface area contributed by atoms with Gasteiger partial charge in [-0.1, -0.05) is 12.1 Å². The number of carbonyl (C=O) groups is 2. The molecule has 8 nitrogen and oxygen atoms in total. The van der Waals surface area contributed by atoms with Gasteiger partial charge in [0.15, 0.2) is 0 Å². The third-order valence-corrected chi connectivity index (χ3v) is 4.95. The van der Waals surface area contributed by atoms with E-state index in [1.807, 2.05) is 13.8 Å². The summed E-state index contributed by atoms with van der Waals surface area (Å²) in [7, 11) is 1.27. The van der Waals surface area contributed by atoms with Crippen molar-refractivity contribution in [3.05, 3.63) is 54.0 Å². The monoisotopic (exact) mass is 412 g/mol. The van der Waals surface area contributed by atoms with Gasteiger partial charge < -0.3 is 20.1 Å². The maximum Gasteiger partial charge on any atom is 0.434 e. The van der Waals surface area contributed by atoms with E-state index in [0.717, 1.165) is 4.68 Å². The molecule has 1 aromatic heterocycles. The van der Waals surface area contributed by atoms with Crippen LogP contribution in [0.25, 0.3) is 10.9 Å². The Morgan fingerprint density at radius 2 is 2.10 bits per heavy atom. The van der Waals surface area contributed by atoms with Gasteiger partial charge in [0, 0.05) is 23.4 Å². The second kappa shape index (κ2) is 7.33. The van der Waals surface area contributed by atoms with E-state index in [0.29, 0.717) is 34.3 Å². The summed E-state index contributed by atoms with van der Waals surface area (Å²) in [5.74, 6) is 0.0157. The lowest BCUT2D eigenvalue weighted by molar-refractivity contribution is 0.0678. The molecule has 0 radical (unpaired) electrons. The van der Waals surface area contributed by atoms with Crippen LogP contribution in [0.5, 0.6) is 5.75 Å². The molecule has 1 unspecified atom stereocenters. The Balaban J connectivity index is 1.57. The summed E-state index contributed by atoms with van der Waals surface area (Å²) in [5.41, 5.74) is 1.14. The Kier molecular flexibility index (Phi) is 4.81. The summed E-state index contributed by atoms with van der Waals surface area (Å²) in [6.45, 7) is 3.77. The number of benzene rings is 2. The van der Waals surface area contributed by atoms with Gasteiger partial charge in [0.2, 0.25) is 0 Å². The Morgan fingerprint density at radius 3 is 2.87 bits per heavy atom. The number of hydrogen-bond donors (Lipinski definition) is 2. The van der Waals surface area contributed by atoms with Gasteiger partial charge in [-0.3, -0.25) is 0 Å². The van der Waals surface area contributed by atoms with Crippen LogP contribution < -0.4 is 15.4 Å². The van der Waals surface area contributed by atoms with E-state index >= 15 is 0 Å². The minimum absolute atomic E-state index is 0.360. The fraction of sp³-hybridized carbons (Fsp3) is 0.286. The molecule has 0 saturated carbocycles. The van der Waals surface area contributed by atoms with Crippen molar-refractivity contribution < 1.29 is 23.5 Å². The minimum atomic E-state index is -0.625. The zero-order chi connectivity index (χ0) is 21.5. The molecule has 4 rings (SSSR count). The number of ether oxygens (including phenoxy) is 2. The largest absolute Gasteiger partial charge is 0.487 e. The average molecular weight is 412 g/mol. The highest BCUT2D eigenvalue weighted by Crippen LogP contribution is 2.39. The van der Waals surface area contributed by atoms with Crippen molar-refractivity contribution in [2.45, 2.75) is 31.9 Å². The van der Waals surface area contributed by atoms with Gasteiger partial charge in [0.1, 0.15) is 17.2 Å². The zero-order valence-electron chi connectivity index (χ0n) is 16.7. The smallest absolute Gasteiger partial charge is 0.434 e. The predicted molar refractivity (Wildman–Crippen MR) is 108 cm³/mol. The van der Waals surface area contributed by atoms with Crippen LogP contribution in [-0.4, -0.2) is 34.6 Å². The second-order valence-corrected chi connectivity index (χ2v) is 7.66. The Labute approximate surface area is 172 Å². The zero-order valence-corrected chi connectivity index (χ0v) is 16.7. The molecule has 2 heterocycles. The van der Waals surface area contributed by atoms with Crippen LogP contribution in [0.4, 0.5) is 19.7 Å². The lowest BCUT2D eigenvalue weighted by Crippen LogP contribution is -2.42. The fourth-order valence-corrected chi connectivity index (χ4v) is 3.66. The van der Waals surface area contributed by atoms with Crippen molar-refractivity contribution in [2.24, 2.45) is 0 Å². The first kappa shape index (κ1) is 19.7. The highest BCUT2D eigenvalue weighted by molar-refractivity contribution is 6.02. The number of carbonyl (C=O) groups excluding carboxylic acids is 2. The van der Waals surface area contributed by atoms with E-state index < -0.39 is 23.5 Å². The van der Waals surface area contributed by atoms with Crippen LogP contribution >= 0.6 is 0 Å². The maximum absolute atomic E-state index is 13.6. The first-order valence-corrected chi connectivity index (χ1v) is 9.38. The molecule has 1 aliphatic heterocycles. The van der Waals surface area contributed by atoms with Crippen LogP contribution in [0.15, 0.2) is 42.6 Å². The summed E-state index contributed by atoms with van der Waals surface area (Å²) in [6, 6.07) is 8.60. The van der Waals surface area contributed by atoms with E-state index in [2.05, 4.69) is 15.7 Å². The van der Waals surface area contributed by atoms with Crippen molar-refractivity contribution in [1.82, 2.24) is 15.1 Å². The summed E-state index contributed by atoms with van der Waals surface area (Å²) < 4.78 is 25.3. The number of nitrogens with zero attached hydrogens (tertiary/aromatic N) is 2. The Hall–Kier alpha value is -3.62. The van der Waals surface area contributed by atoms with Crippen LogP contribution in [-0.2, 0) is 4.74 Å². The van der Waals surface area contributed by atoms with Gasteiger partial charge >= 0.3 is 12.1 Å². The SMILES string of the molecule is COC(=O)n1ncc2c(NC(=O)NC3CC(C)(C)Oc4cc(F)ccc43)cccc21. The molecule has 0 aliphatic carbocycles. The lowest BCUT2D eigenvalue weighted by Gasteiger charge is -2.37. The van der Waals surface area contributed by atoms with Crippen LogP contribution in [0.3, 0.4) is 0 Å². The van der Waals surface area contributed by atoms with E-state index in [-0.39, 0.29) is 6.04 Å². The molecule has 9 heteroatoms. The van der Waals surface area contributed by atoms with Crippen molar-refractivity contribution in [2.75, 3.05) is 12.4 Å². The van der Waals surface area contributed by atoms with Gasteiger partial charge in [-0.2, -0.15) is 9.78 Å². The molecule has 2 amide bonds. The van der Waals surface area contributed by atoms with E-state index in [1.54, 1.807) is 24.3 Å². The van der Waals surface area contributed by atoms with Gasteiger partial charge in [0.25, 0.3) is 0 Å². The highest BCUT2D eigenvalue weighted by atomic mass is 19.1. The second-order valence-electron chi connectivity index (χ2n) is 7.66. The predicted octanol–water partition coefficient (Wildman–Crippen LogP) is 4.21. The number of nitrogens with one attached hydrogen (secondary N) is 2. The maximum atomic E-state index is 13.6. The third-order valence-electron chi connectivity index (χ3n) is 4.95. The molecule has 0 saturated heterocycles. The van der Waals surface area contributed by atoms with E-state index in [9.17, 15) is 14.0 Å². The molecular weight excluding hydrogens is 391 g/mol.